The van der Waals surface area contributed by atoms with Gasteiger partial charge in [-0.1, -0.05) is 36.4 Å². The monoisotopic (exact) mass is 394 g/mol. The zero-order chi connectivity index (χ0) is 20.3. The van der Waals surface area contributed by atoms with Crippen molar-refractivity contribution >= 4 is 11.7 Å². The van der Waals surface area contributed by atoms with Crippen molar-refractivity contribution in [2.24, 2.45) is 0 Å². The molecule has 0 spiro atoms. The van der Waals surface area contributed by atoms with Crippen LogP contribution in [0.2, 0.25) is 0 Å². The van der Waals surface area contributed by atoms with Crippen LogP contribution in [0, 0.1) is 0 Å². The lowest BCUT2D eigenvalue weighted by atomic mass is 10.1. The predicted octanol–water partition coefficient (Wildman–Crippen LogP) is 3.42. The van der Waals surface area contributed by atoms with Crippen LogP contribution in [0.4, 0.5) is 10.5 Å². The molecule has 7 heteroatoms. The highest BCUT2D eigenvalue weighted by Crippen LogP contribution is 2.13. The number of nitrogens with one attached hydrogen (secondary N) is 2. The van der Waals surface area contributed by atoms with Crippen LogP contribution in [0.25, 0.3) is 0 Å². The second kappa shape index (κ2) is 11.0. The van der Waals surface area contributed by atoms with E-state index in [1.54, 1.807) is 19.6 Å². The summed E-state index contributed by atoms with van der Waals surface area (Å²) in [4.78, 5) is 16.4. The van der Waals surface area contributed by atoms with E-state index < -0.39 is 0 Å². The number of carbonyl (C=O) groups excluding carboxylic acids is 1. The fraction of sp³-hybridized carbons (Fsp3) is 0.273. The number of anilines is 1. The predicted molar refractivity (Wildman–Crippen MR) is 112 cm³/mol. The zero-order valence-electron chi connectivity index (χ0n) is 16.5. The summed E-state index contributed by atoms with van der Waals surface area (Å²) in [6.07, 6.45) is 5.46. The minimum atomic E-state index is -0.250. The molecule has 3 rings (SSSR count). The molecule has 0 radical (unpaired) electrons. The number of hydrogen-bond donors (Lipinski definition) is 2. The number of imidazole rings is 1. The number of amides is 2. The molecule has 0 atom stereocenters. The molecular formula is C22H26N4O3. The largest absolute Gasteiger partial charge is 0.382 e. The number of benzene rings is 2. The number of methoxy groups -OCH3 is 1. The minimum Gasteiger partial charge on any atom is -0.382 e. The average molecular weight is 394 g/mol. The molecule has 0 fully saturated rings. The summed E-state index contributed by atoms with van der Waals surface area (Å²) >= 11 is 0. The Kier molecular flexibility index (Phi) is 7.80. The van der Waals surface area contributed by atoms with Gasteiger partial charge in [0.15, 0.2) is 0 Å². The first-order valence-electron chi connectivity index (χ1n) is 9.47. The van der Waals surface area contributed by atoms with E-state index >= 15 is 0 Å². The topological polar surface area (TPSA) is 77.4 Å². The Hall–Kier alpha value is -3.16. The second-order valence-electron chi connectivity index (χ2n) is 6.56. The van der Waals surface area contributed by atoms with Crippen LogP contribution >= 0.6 is 0 Å². The summed E-state index contributed by atoms with van der Waals surface area (Å²) in [5.74, 6) is 0. The molecule has 2 N–H and O–H groups in total. The number of ether oxygens (including phenoxy) is 2. The molecule has 1 aromatic heterocycles. The van der Waals surface area contributed by atoms with Crippen molar-refractivity contribution in [2.45, 2.75) is 19.7 Å². The van der Waals surface area contributed by atoms with Crippen molar-refractivity contribution in [1.82, 2.24) is 14.9 Å². The van der Waals surface area contributed by atoms with Crippen LogP contribution in [0.3, 0.4) is 0 Å². The third-order valence-corrected chi connectivity index (χ3v) is 4.36. The molecule has 0 saturated carbocycles. The lowest BCUT2D eigenvalue weighted by Gasteiger charge is -2.12. The van der Waals surface area contributed by atoms with Gasteiger partial charge in [0, 0.05) is 38.3 Å². The molecule has 0 bridgehead atoms. The van der Waals surface area contributed by atoms with E-state index in [2.05, 4.69) is 21.7 Å². The van der Waals surface area contributed by atoms with Gasteiger partial charge >= 0.3 is 6.03 Å². The van der Waals surface area contributed by atoms with Gasteiger partial charge in [0.2, 0.25) is 0 Å². The fourth-order valence-corrected chi connectivity index (χ4v) is 2.88. The summed E-state index contributed by atoms with van der Waals surface area (Å²) in [7, 11) is 1.64. The first kappa shape index (κ1) is 20.6. The standard InChI is InChI=1S/C22H26N4O3/c1-28-11-12-29-16-18-5-4-8-21(13-18)25-22(27)24-14-19-6-2-3-7-20(19)15-26-10-9-23-17-26/h2-10,13,17H,11-12,14-16H2,1H3,(H2,24,25,27). The van der Waals surface area contributed by atoms with Crippen molar-refractivity contribution in [3.8, 4) is 0 Å². The molecule has 152 valence electrons. The van der Waals surface area contributed by atoms with Crippen LogP contribution in [0.1, 0.15) is 16.7 Å². The van der Waals surface area contributed by atoms with Crippen molar-refractivity contribution in [2.75, 3.05) is 25.6 Å². The first-order chi connectivity index (χ1) is 14.2. The highest BCUT2D eigenvalue weighted by molar-refractivity contribution is 5.89. The Labute approximate surface area is 170 Å². The van der Waals surface area contributed by atoms with Gasteiger partial charge in [-0.2, -0.15) is 0 Å². The lowest BCUT2D eigenvalue weighted by molar-refractivity contribution is 0.0617. The minimum absolute atomic E-state index is 0.250. The fourth-order valence-electron chi connectivity index (χ4n) is 2.88. The van der Waals surface area contributed by atoms with E-state index in [9.17, 15) is 4.79 Å². The van der Waals surface area contributed by atoms with E-state index in [0.29, 0.717) is 32.9 Å². The van der Waals surface area contributed by atoms with E-state index in [0.717, 1.165) is 22.4 Å². The Morgan fingerprint density at radius 2 is 1.97 bits per heavy atom. The summed E-state index contributed by atoms with van der Waals surface area (Å²) in [6.45, 7) is 2.72. The molecule has 1 heterocycles. The third-order valence-electron chi connectivity index (χ3n) is 4.36. The molecule has 0 unspecified atom stereocenters. The molecule has 29 heavy (non-hydrogen) atoms. The number of hydrogen-bond acceptors (Lipinski definition) is 4. The quantitative estimate of drug-likeness (QED) is 0.517. The summed E-state index contributed by atoms with van der Waals surface area (Å²) < 4.78 is 12.5. The van der Waals surface area contributed by atoms with Gasteiger partial charge in [0.1, 0.15) is 0 Å². The summed E-state index contributed by atoms with van der Waals surface area (Å²) in [5.41, 5.74) is 3.92. The summed E-state index contributed by atoms with van der Waals surface area (Å²) in [5, 5.41) is 5.80. The molecule has 3 aromatic rings. The van der Waals surface area contributed by atoms with Crippen molar-refractivity contribution in [1.29, 1.82) is 0 Å². The van der Waals surface area contributed by atoms with Gasteiger partial charge in [-0.3, -0.25) is 0 Å². The SMILES string of the molecule is COCCOCc1cccc(NC(=O)NCc2ccccc2Cn2ccnc2)c1. The highest BCUT2D eigenvalue weighted by Gasteiger charge is 2.06. The normalized spacial score (nSPS) is 10.7. The number of aromatic nitrogens is 2. The molecule has 0 aliphatic rings. The van der Waals surface area contributed by atoms with Gasteiger partial charge in [-0.15, -0.1) is 0 Å². The Bertz CT molecular complexity index is 897. The number of carbonyl (C=O) groups is 1. The number of nitrogens with zero attached hydrogens (tertiary/aromatic N) is 2. The molecule has 0 saturated heterocycles. The Morgan fingerprint density at radius 1 is 1.10 bits per heavy atom. The van der Waals surface area contributed by atoms with Crippen LogP contribution in [-0.2, 0) is 29.2 Å². The molecular weight excluding hydrogens is 368 g/mol. The number of urea groups is 1. The maximum Gasteiger partial charge on any atom is 0.319 e. The van der Waals surface area contributed by atoms with Crippen LogP contribution < -0.4 is 10.6 Å². The van der Waals surface area contributed by atoms with Crippen LogP contribution in [0.15, 0.2) is 67.3 Å². The molecule has 7 nitrogen and oxygen atoms in total. The third kappa shape index (κ3) is 6.74. The smallest absolute Gasteiger partial charge is 0.319 e. The van der Waals surface area contributed by atoms with E-state index in [1.807, 2.05) is 53.2 Å². The maximum absolute atomic E-state index is 12.3. The average Bonchev–Trinajstić information content (AvgIpc) is 3.24. The van der Waals surface area contributed by atoms with Crippen molar-refractivity contribution in [3.63, 3.8) is 0 Å². The molecule has 0 aliphatic carbocycles. The molecule has 2 aromatic carbocycles. The highest BCUT2D eigenvalue weighted by atomic mass is 16.5. The van der Waals surface area contributed by atoms with E-state index in [-0.39, 0.29) is 6.03 Å². The van der Waals surface area contributed by atoms with Gasteiger partial charge in [-0.05, 0) is 28.8 Å². The van der Waals surface area contributed by atoms with Gasteiger partial charge in [0.25, 0.3) is 0 Å². The van der Waals surface area contributed by atoms with E-state index in [1.165, 1.54) is 0 Å². The second-order valence-corrected chi connectivity index (χ2v) is 6.56. The Balaban J connectivity index is 1.51. The van der Waals surface area contributed by atoms with Crippen molar-refractivity contribution < 1.29 is 14.3 Å². The van der Waals surface area contributed by atoms with E-state index in [4.69, 9.17) is 9.47 Å². The van der Waals surface area contributed by atoms with Gasteiger partial charge in [-0.25, -0.2) is 9.78 Å². The van der Waals surface area contributed by atoms with Gasteiger partial charge in [0.05, 0.1) is 26.1 Å². The maximum atomic E-state index is 12.3. The van der Waals surface area contributed by atoms with Crippen LogP contribution in [0.5, 0.6) is 0 Å². The lowest BCUT2D eigenvalue weighted by Crippen LogP contribution is -2.28. The Morgan fingerprint density at radius 3 is 2.76 bits per heavy atom. The van der Waals surface area contributed by atoms with Crippen LogP contribution in [-0.4, -0.2) is 35.9 Å². The van der Waals surface area contributed by atoms with Gasteiger partial charge < -0.3 is 24.7 Å². The zero-order valence-corrected chi connectivity index (χ0v) is 16.5. The summed E-state index contributed by atoms with van der Waals surface area (Å²) in [6, 6.07) is 15.4. The number of rotatable bonds is 10. The molecule has 2 amide bonds. The van der Waals surface area contributed by atoms with Crippen molar-refractivity contribution in [3.05, 3.63) is 83.9 Å². The first-order valence-corrected chi connectivity index (χ1v) is 9.47. The molecule has 0 aliphatic heterocycles.